The minimum absolute atomic E-state index is 0.0984. The van der Waals surface area contributed by atoms with Crippen molar-refractivity contribution in [2.24, 2.45) is 0 Å². The monoisotopic (exact) mass is 465 g/mol. The molecular formula is C13H7Br2F2N3O2S. The smallest absolute Gasteiger partial charge is 0.265 e. The number of pyridine rings is 1. The topological polar surface area (TPSA) is 63.5 Å². The SMILES string of the molecule is O=S(=O)(Nc1cc(F)c(Br)cc1F)c1cnn2cc(Br)ccc12. The first-order chi connectivity index (χ1) is 10.8. The third kappa shape index (κ3) is 3.10. The zero-order valence-electron chi connectivity index (χ0n) is 11.1. The van der Waals surface area contributed by atoms with Crippen LogP contribution in [0.5, 0.6) is 0 Å². The van der Waals surface area contributed by atoms with E-state index in [-0.39, 0.29) is 9.37 Å². The Morgan fingerprint density at radius 2 is 1.87 bits per heavy atom. The fraction of sp³-hybridized carbons (Fsp3) is 0. The van der Waals surface area contributed by atoms with E-state index < -0.39 is 27.3 Å². The van der Waals surface area contributed by atoms with Crippen molar-refractivity contribution in [3.05, 3.63) is 57.2 Å². The van der Waals surface area contributed by atoms with E-state index in [0.29, 0.717) is 9.99 Å². The fourth-order valence-electron chi connectivity index (χ4n) is 1.94. The Balaban J connectivity index is 2.06. The first-order valence-electron chi connectivity index (χ1n) is 6.08. The summed E-state index contributed by atoms with van der Waals surface area (Å²) < 4.78 is 56.2. The summed E-state index contributed by atoms with van der Waals surface area (Å²) >= 11 is 6.08. The maximum Gasteiger partial charge on any atom is 0.265 e. The van der Waals surface area contributed by atoms with Crippen molar-refractivity contribution in [3.8, 4) is 0 Å². The summed E-state index contributed by atoms with van der Waals surface area (Å²) in [5.41, 5.74) is -0.180. The molecule has 3 aromatic rings. The number of hydrogen-bond donors (Lipinski definition) is 1. The fourth-order valence-corrected chi connectivity index (χ4v) is 3.76. The molecule has 23 heavy (non-hydrogen) atoms. The number of anilines is 1. The Hall–Kier alpha value is -1.52. The zero-order chi connectivity index (χ0) is 16.8. The van der Waals surface area contributed by atoms with Gasteiger partial charge in [-0.15, -0.1) is 0 Å². The van der Waals surface area contributed by atoms with Crippen LogP contribution in [0, 0.1) is 11.6 Å². The summed E-state index contributed by atoms with van der Waals surface area (Å²) in [5, 5.41) is 3.93. The highest BCUT2D eigenvalue weighted by Crippen LogP contribution is 2.27. The van der Waals surface area contributed by atoms with E-state index in [1.165, 1.54) is 4.52 Å². The van der Waals surface area contributed by atoms with Crippen molar-refractivity contribution in [2.75, 3.05) is 4.72 Å². The van der Waals surface area contributed by atoms with Crippen molar-refractivity contribution in [2.45, 2.75) is 4.90 Å². The normalized spacial score (nSPS) is 11.8. The lowest BCUT2D eigenvalue weighted by atomic mass is 10.3. The lowest BCUT2D eigenvalue weighted by Crippen LogP contribution is -2.14. The standard InChI is InChI=1S/C13H7Br2F2N3O2S/c14-7-1-2-12-13(5-18-20(12)6-7)23(21,22)19-11-4-9(16)8(15)3-10(11)17/h1-6,19H. The van der Waals surface area contributed by atoms with Crippen LogP contribution in [0.3, 0.4) is 0 Å². The van der Waals surface area contributed by atoms with Gasteiger partial charge < -0.3 is 0 Å². The lowest BCUT2D eigenvalue weighted by Gasteiger charge is -2.09. The Morgan fingerprint density at radius 3 is 2.61 bits per heavy atom. The van der Waals surface area contributed by atoms with E-state index in [1.807, 2.05) is 4.72 Å². The minimum Gasteiger partial charge on any atom is -0.276 e. The third-order valence-corrected chi connectivity index (χ3v) is 5.45. The highest BCUT2D eigenvalue weighted by atomic mass is 79.9. The van der Waals surface area contributed by atoms with E-state index in [0.717, 1.165) is 18.3 Å². The Labute approximate surface area is 146 Å². The molecule has 5 nitrogen and oxygen atoms in total. The van der Waals surface area contributed by atoms with Gasteiger partial charge in [-0.05, 0) is 50.1 Å². The van der Waals surface area contributed by atoms with Crippen LogP contribution in [0.1, 0.15) is 0 Å². The van der Waals surface area contributed by atoms with E-state index in [2.05, 4.69) is 37.0 Å². The molecule has 2 aromatic heterocycles. The second-order valence-electron chi connectivity index (χ2n) is 4.54. The van der Waals surface area contributed by atoms with E-state index in [4.69, 9.17) is 0 Å². The van der Waals surface area contributed by atoms with E-state index >= 15 is 0 Å². The largest absolute Gasteiger partial charge is 0.276 e. The van der Waals surface area contributed by atoms with Crippen LogP contribution >= 0.6 is 31.9 Å². The molecule has 120 valence electrons. The van der Waals surface area contributed by atoms with Gasteiger partial charge >= 0.3 is 0 Å². The molecule has 0 aliphatic carbocycles. The average Bonchev–Trinajstić information content (AvgIpc) is 2.88. The number of fused-ring (bicyclic) bond motifs is 1. The summed E-state index contributed by atoms with van der Waals surface area (Å²) in [6.07, 6.45) is 2.71. The molecule has 0 saturated carbocycles. The minimum atomic E-state index is -4.13. The Kier molecular flexibility index (Phi) is 4.15. The first-order valence-corrected chi connectivity index (χ1v) is 9.15. The van der Waals surface area contributed by atoms with Crippen molar-refractivity contribution in [1.82, 2.24) is 9.61 Å². The molecule has 10 heteroatoms. The molecule has 1 N–H and O–H groups in total. The highest BCUT2D eigenvalue weighted by Gasteiger charge is 2.22. The number of hydrogen-bond acceptors (Lipinski definition) is 3. The van der Waals surface area contributed by atoms with Gasteiger partial charge in [-0.3, -0.25) is 4.72 Å². The summed E-state index contributed by atoms with van der Waals surface area (Å²) in [6.45, 7) is 0. The third-order valence-electron chi connectivity index (χ3n) is 2.99. The van der Waals surface area contributed by atoms with Crippen LogP contribution < -0.4 is 4.72 Å². The first kappa shape index (κ1) is 16.3. The summed E-state index contributed by atoms with van der Waals surface area (Å²) in [6, 6.07) is 4.81. The zero-order valence-corrected chi connectivity index (χ0v) is 15.1. The van der Waals surface area contributed by atoms with Gasteiger partial charge in [0.15, 0.2) is 0 Å². The van der Waals surface area contributed by atoms with Gasteiger partial charge in [0, 0.05) is 16.7 Å². The maximum absolute atomic E-state index is 13.8. The predicted octanol–water partition coefficient (Wildman–Crippen LogP) is 3.94. The van der Waals surface area contributed by atoms with Gasteiger partial charge in [0.05, 0.1) is 21.9 Å². The molecule has 0 aliphatic rings. The number of rotatable bonds is 3. The molecular weight excluding hydrogens is 460 g/mol. The van der Waals surface area contributed by atoms with Crippen molar-refractivity contribution < 1.29 is 17.2 Å². The lowest BCUT2D eigenvalue weighted by molar-refractivity contribution is 0.592. The molecule has 0 aliphatic heterocycles. The molecule has 0 unspecified atom stereocenters. The Morgan fingerprint density at radius 1 is 1.13 bits per heavy atom. The van der Waals surface area contributed by atoms with Crippen LogP contribution in [0.25, 0.3) is 5.52 Å². The molecule has 0 atom stereocenters. The van der Waals surface area contributed by atoms with E-state index in [1.54, 1.807) is 18.3 Å². The van der Waals surface area contributed by atoms with Crippen LogP contribution in [-0.4, -0.2) is 18.0 Å². The molecule has 0 saturated heterocycles. The molecule has 0 radical (unpaired) electrons. The van der Waals surface area contributed by atoms with Crippen LogP contribution in [0.4, 0.5) is 14.5 Å². The highest BCUT2D eigenvalue weighted by molar-refractivity contribution is 9.10. The molecule has 1 aromatic carbocycles. The van der Waals surface area contributed by atoms with Gasteiger partial charge in [0.1, 0.15) is 16.5 Å². The van der Waals surface area contributed by atoms with Gasteiger partial charge in [-0.1, -0.05) is 0 Å². The predicted molar refractivity (Wildman–Crippen MR) is 87.8 cm³/mol. The van der Waals surface area contributed by atoms with Gasteiger partial charge in [-0.2, -0.15) is 5.10 Å². The second kappa shape index (κ2) is 5.84. The number of halogens is 4. The summed E-state index contributed by atoms with van der Waals surface area (Å²) in [7, 11) is -4.13. The second-order valence-corrected chi connectivity index (χ2v) is 7.96. The van der Waals surface area contributed by atoms with Crippen LogP contribution in [0.2, 0.25) is 0 Å². The quantitative estimate of drug-likeness (QED) is 0.594. The molecule has 0 amide bonds. The van der Waals surface area contributed by atoms with Crippen LogP contribution in [-0.2, 0) is 10.0 Å². The molecule has 2 heterocycles. The number of aromatic nitrogens is 2. The molecule has 0 spiro atoms. The van der Waals surface area contributed by atoms with Crippen molar-refractivity contribution in [1.29, 1.82) is 0 Å². The summed E-state index contributed by atoms with van der Waals surface area (Å²) in [4.78, 5) is -0.146. The van der Waals surface area contributed by atoms with Gasteiger partial charge in [-0.25, -0.2) is 21.7 Å². The van der Waals surface area contributed by atoms with Crippen molar-refractivity contribution in [3.63, 3.8) is 0 Å². The van der Waals surface area contributed by atoms with Gasteiger partial charge in [0.25, 0.3) is 10.0 Å². The number of nitrogens with one attached hydrogen (secondary N) is 1. The molecule has 0 fully saturated rings. The number of benzene rings is 1. The van der Waals surface area contributed by atoms with Crippen LogP contribution in [0.15, 0.2) is 50.5 Å². The van der Waals surface area contributed by atoms with E-state index in [9.17, 15) is 17.2 Å². The number of sulfonamides is 1. The Bertz CT molecular complexity index is 1020. The van der Waals surface area contributed by atoms with Gasteiger partial charge in [0.2, 0.25) is 0 Å². The average molecular weight is 467 g/mol. The summed E-state index contributed by atoms with van der Waals surface area (Å²) in [5.74, 6) is -1.69. The molecule has 0 bridgehead atoms. The molecule has 3 rings (SSSR count). The number of nitrogens with zero attached hydrogens (tertiary/aromatic N) is 2. The maximum atomic E-state index is 13.8. The van der Waals surface area contributed by atoms with Crippen molar-refractivity contribution >= 4 is 53.1 Å².